The Bertz CT molecular complexity index is 589. The van der Waals surface area contributed by atoms with Crippen LogP contribution in [0.15, 0.2) is 24.3 Å². The van der Waals surface area contributed by atoms with Gasteiger partial charge in [-0.05, 0) is 31.1 Å². The standard InChI is InChI=1S/C15H23ClN2O2S/c1-12-9-18(10-15(12)17(2)3)21(19,20)11-14-6-4-5-13(7-14)8-16/h4-7,12,15H,8-11H2,1-3H3. The number of likely N-dealkylation sites (N-methyl/N-ethyl adjacent to an activating group) is 1. The first kappa shape index (κ1) is 16.7. The predicted octanol–water partition coefficient (Wildman–Crippen LogP) is 2.14. The molecule has 2 atom stereocenters. The zero-order chi connectivity index (χ0) is 15.6. The minimum atomic E-state index is -3.27. The zero-order valence-electron chi connectivity index (χ0n) is 12.8. The number of hydrogen-bond donors (Lipinski definition) is 0. The Morgan fingerprint density at radius 1 is 1.29 bits per heavy atom. The fraction of sp³-hybridized carbons (Fsp3) is 0.600. The number of hydrogen-bond acceptors (Lipinski definition) is 3. The second-order valence-corrected chi connectivity index (χ2v) is 8.27. The third kappa shape index (κ3) is 3.97. The fourth-order valence-electron chi connectivity index (χ4n) is 2.91. The van der Waals surface area contributed by atoms with Crippen LogP contribution in [0.5, 0.6) is 0 Å². The molecule has 0 aromatic heterocycles. The van der Waals surface area contributed by atoms with E-state index in [4.69, 9.17) is 11.6 Å². The zero-order valence-corrected chi connectivity index (χ0v) is 14.4. The summed E-state index contributed by atoms with van der Waals surface area (Å²) in [5.41, 5.74) is 1.75. The molecule has 1 aliphatic rings. The summed E-state index contributed by atoms with van der Waals surface area (Å²) in [7, 11) is 0.729. The van der Waals surface area contributed by atoms with Crippen molar-refractivity contribution in [3.63, 3.8) is 0 Å². The van der Waals surface area contributed by atoms with Crippen LogP contribution in [0.4, 0.5) is 0 Å². The Balaban J connectivity index is 2.12. The van der Waals surface area contributed by atoms with Crippen molar-refractivity contribution in [3.8, 4) is 0 Å². The van der Waals surface area contributed by atoms with E-state index >= 15 is 0 Å². The first-order chi connectivity index (χ1) is 9.83. The van der Waals surface area contributed by atoms with Crippen LogP contribution in [0.2, 0.25) is 0 Å². The molecular weight excluding hydrogens is 308 g/mol. The summed E-state index contributed by atoms with van der Waals surface area (Å²) in [6, 6.07) is 7.76. The molecule has 21 heavy (non-hydrogen) atoms. The van der Waals surface area contributed by atoms with Crippen LogP contribution in [0.3, 0.4) is 0 Å². The van der Waals surface area contributed by atoms with Gasteiger partial charge in [0.25, 0.3) is 0 Å². The van der Waals surface area contributed by atoms with Gasteiger partial charge in [0, 0.05) is 25.0 Å². The van der Waals surface area contributed by atoms with E-state index < -0.39 is 10.0 Å². The molecular formula is C15H23ClN2O2S. The van der Waals surface area contributed by atoms with Gasteiger partial charge < -0.3 is 4.90 Å². The van der Waals surface area contributed by atoms with Crippen LogP contribution >= 0.6 is 11.6 Å². The van der Waals surface area contributed by atoms with Crippen LogP contribution in [0.25, 0.3) is 0 Å². The summed E-state index contributed by atoms with van der Waals surface area (Å²) in [5, 5.41) is 0. The van der Waals surface area contributed by atoms with Gasteiger partial charge in [-0.3, -0.25) is 0 Å². The Labute approximate surface area is 132 Å². The van der Waals surface area contributed by atoms with Crippen molar-refractivity contribution >= 4 is 21.6 Å². The van der Waals surface area contributed by atoms with Gasteiger partial charge in [0.15, 0.2) is 0 Å². The highest BCUT2D eigenvalue weighted by atomic mass is 35.5. The first-order valence-corrected chi connectivity index (χ1v) is 9.26. The minimum absolute atomic E-state index is 0.0462. The van der Waals surface area contributed by atoms with Gasteiger partial charge in [-0.1, -0.05) is 31.2 Å². The highest BCUT2D eigenvalue weighted by Crippen LogP contribution is 2.24. The maximum atomic E-state index is 12.6. The number of nitrogens with zero attached hydrogens (tertiary/aromatic N) is 2. The van der Waals surface area contributed by atoms with E-state index in [0.717, 1.165) is 11.1 Å². The topological polar surface area (TPSA) is 40.6 Å². The molecule has 6 heteroatoms. The van der Waals surface area contributed by atoms with Crippen molar-refractivity contribution in [1.29, 1.82) is 0 Å². The average Bonchev–Trinajstić information content (AvgIpc) is 2.81. The van der Waals surface area contributed by atoms with Crippen LogP contribution in [-0.2, 0) is 21.7 Å². The lowest BCUT2D eigenvalue weighted by molar-refractivity contribution is 0.263. The highest BCUT2D eigenvalue weighted by Gasteiger charge is 2.37. The molecule has 1 saturated heterocycles. The van der Waals surface area contributed by atoms with Crippen molar-refractivity contribution < 1.29 is 8.42 Å². The lowest BCUT2D eigenvalue weighted by atomic mass is 10.1. The summed E-state index contributed by atoms with van der Waals surface area (Å²) >= 11 is 5.80. The number of alkyl halides is 1. The smallest absolute Gasteiger partial charge is 0.218 e. The van der Waals surface area contributed by atoms with Crippen LogP contribution in [0, 0.1) is 5.92 Å². The van der Waals surface area contributed by atoms with Crippen molar-refractivity contribution in [1.82, 2.24) is 9.21 Å². The second kappa shape index (κ2) is 6.65. The summed E-state index contributed by atoms with van der Waals surface area (Å²) in [6.07, 6.45) is 0. The van der Waals surface area contributed by atoms with Gasteiger partial charge in [-0.25, -0.2) is 8.42 Å². The number of rotatable bonds is 5. The summed E-state index contributed by atoms with van der Waals surface area (Å²) in [5.74, 6) is 0.797. The van der Waals surface area contributed by atoms with E-state index in [1.165, 1.54) is 0 Å². The Morgan fingerprint density at radius 3 is 2.52 bits per heavy atom. The van der Waals surface area contributed by atoms with Crippen molar-refractivity contribution in [3.05, 3.63) is 35.4 Å². The average molecular weight is 331 g/mol. The van der Waals surface area contributed by atoms with Crippen LogP contribution in [-0.4, -0.2) is 50.8 Å². The molecule has 1 heterocycles. The maximum Gasteiger partial charge on any atom is 0.218 e. The third-order valence-corrected chi connectivity index (χ3v) is 6.18. The van der Waals surface area contributed by atoms with Crippen molar-refractivity contribution in [2.75, 3.05) is 27.2 Å². The van der Waals surface area contributed by atoms with Gasteiger partial charge in [0.1, 0.15) is 0 Å². The molecule has 1 fully saturated rings. The van der Waals surface area contributed by atoms with Gasteiger partial charge in [0.05, 0.1) is 5.75 Å². The molecule has 0 bridgehead atoms. The molecule has 2 unspecified atom stereocenters. The van der Waals surface area contributed by atoms with E-state index in [1.807, 2.05) is 38.4 Å². The van der Waals surface area contributed by atoms with Crippen molar-refractivity contribution in [2.45, 2.75) is 24.6 Å². The van der Waals surface area contributed by atoms with E-state index in [-0.39, 0.29) is 11.8 Å². The van der Waals surface area contributed by atoms with E-state index in [9.17, 15) is 8.42 Å². The van der Waals surface area contributed by atoms with Gasteiger partial charge in [0.2, 0.25) is 10.0 Å². The van der Waals surface area contributed by atoms with Gasteiger partial charge in [-0.2, -0.15) is 4.31 Å². The SMILES string of the molecule is CC1CN(S(=O)(=O)Cc2cccc(CCl)c2)CC1N(C)C. The normalized spacial score (nSPS) is 23.9. The molecule has 0 aliphatic carbocycles. The van der Waals surface area contributed by atoms with E-state index in [1.54, 1.807) is 4.31 Å². The molecule has 0 amide bonds. The van der Waals surface area contributed by atoms with E-state index in [2.05, 4.69) is 11.8 Å². The third-order valence-electron chi connectivity index (χ3n) is 4.09. The molecule has 4 nitrogen and oxygen atoms in total. The molecule has 1 aromatic rings. The highest BCUT2D eigenvalue weighted by molar-refractivity contribution is 7.88. The number of halogens is 1. The molecule has 1 aliphatic heterocycles. The first-order valence-electron chi connectivity index (χ1n) is 7.11. The van der Waals surface area contributed by atoms with Crippen molar-refractivity contribution in [2.24, 2.45) is 5.92 Å². The summed E-state index contributed by atoms with van der Waals surface area (Å²) in [4.78, 5) is 2.11. The van der Waals surface area contributed by atoms with E-state index in [0.29, 0.717) is 24.9 Å². The van der Waals surface area contributed by atoms with Crippen LogP contribution in [0.1, 0.15) is 18.1 Å². The molecule has 0 spiro atoms. The lowest BCUT2D eigenvalue weighted by Crippen LogP contribution is -2.36. The molecule has 2 rings (SSSR count). The maximum absolute atomic E-state index is 12.6. The summed E-state index contributed by atoms with van der Waals surface area (Å²) in [6.45, 7) is 3.28. The Kier molecular flexibility index (Phi) is 5.30. The van der Waals surface area contributed by atoms with Gasteiger partial charge >= 0.3 is 0 Å². The molecule has 0 saturated carbocycles. The molecule has 1 aromatic carbocycles. The molecule has 0 radical (unpaired) electrons. The Hall–Kier alpha value is -0.620. The Morgan fingerprint density at radius 2 is 1.95 bits per heavy atom. The van der Waals surface area contributed by atoms with Crippen LogP contribution < -0.4 is 0 Å². The largest absolute Gasteiger partial charge is 0.305 e. The molecule has 118 valence electrons. The lowest BCUT2D eigenvalue weighted by Gasteiger charge is -2.22. The number of benzene rings is 1. The van der Waals surface area contributed by atoms with Gasteiger partial charge in [-0.15, -0.1) is 11.6 Å². The number of sulfonamides is 1. The fourth-order valence-corrected chi connectivity index (χ4v) is 4.70. The minimum Gasteiger partial charge on any atom is -0.305 e. The molecule has 0 N–H and O–H groups in total. The monoisotopic (exact) mass is 330 g/mol. The predicted molar refractivity (Wildman–Crippen MR) is 86.8 cm³/mol. The quantitative estimate of drug-likeness (QED) is 0.777. The second-order valence-electron chi connectivity index (χ2n) is 6.04. The summed E-state index contributed by atoms with van der Waals surface area (Å²) < 4.78 is 26.8.